The van der Waals surface area contributed by atoms with Crippen LogP contribution in [0.2, 0.25) is 0 Å². The third kappa shape index (κ3) is 38.0. The first-order chi connectivity index (χ1) is 24.8. The predicted molar refractivity (Wildman–Crippen MR) is 211 cm³/mol. The number of hydrogen-bond donors (Lipinski definition) is 2. The summed E-state index contributed by atoms with van der Waals surface area (Å²) in [4.78, 5) is 34.8. The topological polar surface area (TPSA) is 134 Å². The van der Waals surface area contributed by atoms with E-state index in [1.54, 1.807) is 0 Å². The zero-order valence-electron chi connectivity index (χ0n) is 32.8. The zero-order valence-corrected chi connectivity index (χ0v) is 33.7. The van der Waals surface area contributed by atoms with Crippen molar-refractivity contribution in [3.05, 3.63) is 24.3 Å². The fourth-order valence-electron chi connectivity index (χ4n) is 5.68. The quantitative estimate of drug-likeness (QED) is 0.0273. The van der Waals surface area contributed by atoms with E-state index in [4.69, 9.17) is 24.3 Å². The highest BCUT2D eigenvalue weighted by Crippen LogP contribution is 2.43. The van der Waals surface area contributed by atoms with E-state index in [0.29, 0.717) is 6.42 Å². The van der Waals surface area contributed by atoms with Crippen molar-refractivity contribution in [1.29, 1.82) is 0 Å². The van der Waals surface area contributed by atoms with Gasteiger partial charge in [0, 0.05) is 19.4 Å². The minimum absolute atomic E-state index is 0.0523. The molecule has 10 heteroatoms. The maximum Gasteiger partial charge on any atom is 0.472 e. The molecule has 0 saturated heterocycles. The summed E-state index contributed by atoms with van der Waals surface area (Å²) < 4.78 is 32.7. The smallest absolute Gasteiger partial charge is 0.462 e. The van der Waals surface area contributed by atoms with Gasteiger partial charge in [0.15, 0.2) is 6.10 Å². The number of carbonyl (C=O) groups is 2. The molecule has 0 aliphatic carbocycles. The van der Waals surface area contributed by atoms with Gasteiger partial charge in [0.05, 0.1) is 13.2 Å². The van der Waals surface area contributed by atoms with Crippen LogP contribution < -0.4 is 5.73 Å². The highest BCUT2D eigenvalue weighted by molar-refractivity contribution is 7.47. The summed E-state index contributed by atoms with van der Waals surface area (Å²) >= 11 is 0. The van der Waals surface area contributed by atoms with Gasteiger partial charge < -0.3 is 20.1 Å². The van der Waals surface area contributed by atoms with E-state index in [9.17, 15) is 19.0 Å². The average molecular weight is 744 g/mol. The molecule has 1 unspecified atom stereocenters. The number of allylic oxidation sites excluding steroid dienone is 4. The fourth-order valence-corrected chi connectivity index (χ4v) is 6.45. The number of hydrogen-bond acceptors (Lipinski definition) is 8. The third-order valence-electron chi connectivity index (χ3n) is 8.81. The summed E-state index contributed by atoms with van der Waals surface area (Å²) in [5.74, 6) is -0.841. The van der Waals surface area contributed by atoms with E-state index in [0.717, 1.165) is 64.2 Å². The van der Waals surface area contributed by atoms with Gasteiger partial charge in [-0.3, -0.25) is 18.6 Å². The first-order valence-electron chi connectivity index (χ1n) is 20.8. The Balaban J connectivity index is 4.17. The summed E-state index contributed by atoms with van der Waals surface area (Å²) in [5, 5.41) is 0. The molecule has 3 N–H and O–H groups in total. The summed E-state index contributed by atoms with van der Waals surface area (Å²) in [6.07, 6.45) is 39.2. The molecule has 51 heavy (non-hydrogen) atoms. The SMILES string of the molecule is CCCCCCC=CCCCCCCCC(=O)O[C@H](COC(=O)CCCCCCCCCC=CCCCCCCCC)COP(=O)(O)OCCN. The second-order valence-corrected chi connectivity index (χ2v) is 15.3. The highest BCUT2D eigenvalue weighted by Gasteiger charge is 2.26. The molecule has 0 rings (SSSR count). The van der Waals surface area contributed by atoms with Crippen LogP contribution in [0.4, 0.5) is 0 Å². The van der Waals surface area contributed by atoms with Gasteiger partial charge in [-0.25, -0.2) is 4.57 Å². The number of phosphoric ester groups is 1. The summed E-state index contributed by atoms with van der Waals surface area (Å²) in [6, 6.07) is 0. The Bertz CT molecular complexity index is 897. The number of ether oxygens (including phenoxy) is 2. The van der Waals surface area contributed by atoms with E-state index in [2.05, 4.69) is 38.2 Å². The highest BCUT2D eigenvalue weighted by atomic mass is 31.2. The normalized spacial score (nSPS) is 13.6. The van der Waals surface area contributed by atoms with Gasteiger partial charge in [-0.05, 0) is 64.2 Å². The summed E-state index contributed by atoms with van der Waals surface area (Å²) in [5.41, 5.74) is 5.34. The number of nitrogens with two attached hydrogens (primary N) is 1. The lowest BCUT2D eigenvalue weighted by atomic mass is 10.1. The molecule has 0 amide bonds. The molecule has 0 spiro atoms. The Morgan fingerprint density at radius 1 is 0.569 bits per heavy atom. The Hall–Kier alpha value is -1.51. The molecular weight excluding hydrogens is 665 g/mol. The van der Waals surface area contributed by atoms with Gasteiger partial charge >= 0.3 is 19.8 Å². The number of rotatable bonds is 39. The second kappa shape index (κ2) is 38.2. The van der Waals surface area contributed by atoms with Crippen LogP contribution in [0.5, 0.6) is 0 Å². The molecule has 0 heterocycles. The van der Waals surface area contributed by atoms with Crippen LogP contribution in [-0.2, 0) is 32.7 Å². The molecule has 0 aromatic heterocycles. The van der Waals surface area contributed by atoms with Gasteiger partial charge in [-0.15, -0.1) is 0 Å². The molecule has 0 aliphatic rings. The van der Waals surface area contributed by atoms with Gasteiger partial charge in [-0.1, -0.05) is 141 Å². The molecule has 0 fully saturated rings. The third-order valence-corrected chi connectivity index (χ3v) is 9.79. The van der Waals surface area contributed by atoms with Gasteiger partial charge in [0.25, 0.3) is 0 Å². The van der Waals surface area contributed by atoms with Crippen molar-refractivity contribution < 1.29 is 37.6 Å². The van der Waals surface area contributed by atoms with E-state index in [-0.39, 0.29) is 38.6 Å². The van der Waals surface area contributed by atoms with Crippen molar-refractivity contribution in [2.45, 2.75) is 200 Å². The zero-order chi connectivity index (χ0) is 37.5. The van der Waals surface area contributed by atoms with E-state index < -0.39 is 26.5 Å². The van der Waals surface area contributed by atoms with Crippen molar-refractivity contribution in [2.24, 2.45) is 5.73 Å². The average Bonchev–Trinajstić information content (AvgIpc) is 3.11. The van der Waals surface area contributed by atoms with Crippen LogP contribution in [-0.4, -0.2) is 49.3 Å². The van der Waals surface area contributed by atoms with E-state index in [1.807, 2.05) is 0 Å². The van der Waals surface area contributed by atoms with Crippen molar-refractivity contribution in [2.75, 3.05) is 26.4 Å². The van der Waals surface area contributed by atoms with Crippen LogP contribution in [0.3, 0.4) is 0 Å². The Morgan fingerprint density at radius 3 is 1.41 bits per heavy atom. The number of unbranched alkanes of at least 4 members (excludes halogenated alkanes) is 22. The first-order valence-corrected chi connectivity index (χ1v) is 22.3. The standard InChI is InChI=1S/C41H78NO8P/c1-3-5-7-9-11-13-15-17-18-19-20-22-23-25-27-29-31-33-40(43)47-37-39(38-49-51(45,46)48-36-35-42)50-41(44)34-32-30-28-26-24-21-16-14-12-10-8-6-4-2/h14,16-18,39H,3-13,15,19-38,42H2,1-2H3,(H,45,46)/t39-/m1/s1. The maximum atomic E-state index is 12.5. The van der Waals surface area contributed by atoms with Crippen molar-refractivity contribution in [3.8, 4) is 0 Å². The molecular formula is C41H78NO8P. The van der Waals surface area contributed by atoms with Crippen molar-refractivity contribution in [3.63, 3.8) is 0 Å². The van der Waals surface area contributed by atoms with Crippen LogP contribution in [0, 0.1) is 0 Å². The van der Waals surface area contributed by atoms with Crippen LogP contribution >= 0.6 is 7.82 Å². The van der Waals surface area contributed by atoms with Gasteiger partial charge in [-0.2, -0.15) is 0 Å². The predicted octanol–water partition coefficient (Wildman–Crippen LogP) is 11.6. The lowest BCUT2D eigenvalue weighted by molar-refractivity contribution is -0.161. The lowest BCUT2D eigenvalue weighted by Crippen LogP contribution is -2.29. The Labute approximate surface area is 312 Å². The van der Waals surface area contributed by atoms with Crippen LogP contribution in [0.15, 0.2) is 24.3 Å². The second-order valence-electron chi connectivity index (χ2n) is 13.8. The molecule has 9 nitrogen and oxygen atoms in total. The lowest BCUT2D eigenvalue weighted by Gasteiger charge is -2.19. The molecule has 2 atom stereocenters. The van der Waals surface area contributed by atoms with E-state index >= 15 is 0 Å². The summed E-state index contributed by atoms with van der Waals surface area (Å²) in [6.45, 7) is 3.70. The molecule has 0 aromatic rings. The van der Waals surface area contributed by atoms with Crippen molar-refractivity contribution in [1.82, 2.24) is 0 Å². The Morgan fingerprint density at radius 2 is 0.961 bits per heavy atom. The maximum absolute atomic E-state index is 12.5. The first kappa shape index (κ1) is 49.5. The fraction of sp³-hybridized carbons (Fsp3) is 0.854. The monoisotopic (exact) mass is 744 g/mol. The number of carbonyl (C=O) groups excluding carboxylic acids is 2. The molecule has 0 bridgehead atoms. The molecule has 0 saturated carbocycles. The molecule has 300 valence electrons. The minimum atomic E-state index is -4.37. The molecule has 0 aliphatic heterocycles. The largest absolute Gasteiger partial charge is 0.472 e. The van der Waals surface area contributed by atoms with Crippen LogP contribution in [0.1, 0.15) is 194 Å². The number of phosphoric acid groups is 1. The molecule has 0 aromatic carbocycles. The number of esters is 2. The minimum Gasteiger partial charge on any atom is -0.462 e. The molecule has 0 radical (unpaired) electrons. The summed E-state index contributed by atoms with van der Waals surface area (Å²) in [7, 11) is -4.37. The Kier molecular flexibility index (Phi) is 37.1. The van der Waals surface area contributed by atoms with Crippen molar-refractivity contribution >= 4 is 19.8 Å². The van der Waals surface area contributed by atoms with Crippen LogP contribution in [0.25, 0.3) is 0 Å². The van der Waals surface area contributed by atoms with E-state index in [1.165, 1.54) is 96.3 Å². The van der Waals surface area contributed by atoms with Gasteiger partial charge in [0.2, 0.25) is 0 Å². The van der Waals surface area contributed by atoms with Gasteiger partial charge in [0.1, 0.15) is 6.61 Å².